The van der Waals surface area contributed by atoms with Gasteiger partial charge in [-0.3, -0.25) is 39.8 Å². The maximum atomic E-state index is 12.5. The Bertz CT molecular complexity index is 1170. The number of carbonyl (C=O) groups excluding carboxylic acids is 4. The van der Waals surface area contributed by atoms with Crippen LogP contribution in [0.15, 0.2) is 55.4 Å². The van der Waals surface area contributed by atoms with Crippen molar-refractivity contribution >= 4 is 92.4 Å². The van der Waals surface area contributed by atoms with E-state index in [0.717, 1.165) is 23.5 Å². The van der Waals surface area contributed by atoms with E-state index in [4.69, 9.17) is 33.3 Å². The maximum Gasteiger partial charge on any atom is 0.266 e. The molecule has 2 aromatic rings. The van der Waals surface area contributed by atoms with Gasteiger partial charge in [-0.05, 0) is 24.3 Å². The third-order valence-electron chi connectivity index (χ3n) is 4.85. The number of hydrogen-bond acceptors (Lipinski definition) is 10. The van der Waals surface area contributed by atoms with Crippen molar-refractivity contribution < 1.29 is 28.0 Å². The summed E-state index contributed by atoms with van der Waals surface area (Å²) in [6.07, 6.45) is 6.02. The van der Waals surface area contributed by atoms with Crippen LogP contribution in [0.4, 0.5) is 0 Å². The fraction of sp³-hybridized carbons (Fsp3) is 0.182. The van der Waals surface area contributed by atoms with E-state index < -0.39 is 11.8 Å². The minimum absolute atomic E-state index is 0.0560. The van der Waals surface area contributed by atoms with Gasteiger partial charge in [-0.2, -0.15) is 0 Å². The summed E-state index contributed by atoms with van der Waals surface area (Å²) in [6, 6.07) is 6.84. The van der Waals surface area contributed by atoms with E-state index in [1.54, 1.807) is 36.4 Å². The largest absolute Gasteiger partial charge is 0.465 e. The second-order valence-electron chi connectivity index (χ2n) is 7.29. The third-order valence-corrected chi connectivity index (χ3v) is 7.60. The summed E-state index contributed by atoms with van der Waals surface area (Å²) >= 11 is 12.7. The molecule has 0 aliphatic carbocycles. The Morgan fingerprint density at radius 1 is 0.806 bits per heavy atom. The fourth-order valence-electron chi connectivity index (χ4n) is 3.08. The molecule has 2 aliphatic heterocycles. The van der Waals surface area contributed by atoms with E-state index in [1.807, 2.05) is 0 Å². The molecule has 0 saturated carbocycles. The number of thiocarbonyl (C=S) groups is 2. The fourth-order valence-corrected chi connectivity index (χ4v) is 5.66. The lowest BCUT2D eigenvalue weighted by Gasteiger charge is -2.15. The molecular formula is C22H18N4O6S4. The average Bonchev–Trinajstić information content (AvgIpc) is 3.63. The van der Waals surface area contributed by atoms with Crippen molar-refractivity contribution in [3.63, 3.8) is 0 Å². The van der Waals surface area contributed by atoms with Gasteiger partial charge in [0.15, 0.2) is 0 Å². The molecule has 4 heterocycles. The Balaban J connectivity index is 1.19. The number of hydrogen-bond donors (Lipinski definition) is 2. The number of thioether (sulfide) groups is 2. The van der Waals surface area contributed by atoms with Crippen LogP contribution in [0.5, 0.6) is 0 Å². The van der Waals surface area contributed by atoms with E-state index >= 15 is 0 Å². The zero-order chi connectivity index (χ0) is 25.7. The van der Waals surface area contributed by atoms with Crippen molar-refractivity contribution in [2.45, 2.75) is 12.8 Å². The number of rotatable bonds is 8. The number of hydrazine groups is 1. The molecule has 4 amide bonds. The van der Waals surface area contributed by atoms with Crippen LogP contribution >= 0.6 is 48.0 Å². The second-order valence-corrected chi connectivity index (χ2v) is 10.6. The average molecular weight is 563 g/mol. The molecule has 0 unspecified atom stereocenters. The van der Waals surface area contributed by atoms with Gasteiger partial charge in [0.25, 0.3) is 11.8 Å². The Hall–Kier alpha value is -3.20. The molecule has 0 radical (unpaired) electrons. The first kappa shape index (κ1) is 25.9. The minimum atomic E-state index is -0.501. The van der Waals surface area contributed by atoms with Crippen LogP contribution < -0.4 is 10.9 Å². The zero-order valence-corrected chi connectivity index (χ0v) is 21.7. The highest BCUT2D eigenvalue weighted by molar-refractivity contribution is 8.27. The van der Waals surface area contributed by atoms with Gasteiger partial charge in [-0.15, -0.1) is 0 Å². The number of nitrogens with zero attached hydrogens (tertiary/aromatic N) is 2. The molecule has 2 fully saturated rings. The van der Waals surface area contributed by atoms with Gasteiger partial charge in [0.05, 0.1) is 22.3 Å². The second kappa shape index (κ2) is 11.7. The quantitative estimate of drug-likeness (QED) is 0.282. The van der Waals surface area contributed by atoms with E-state index in [2.05, 4.69) is 10.9 Å². The van der Waals surface area contributed by atoms with Gasteiger partial charge in [-0.1, -0.05) is 48.0 Å². The molecule has 2 saturated heterocycles. The molecule has 10 nitrogen and oxygen atoms in total. The van der Waals surface area contributed by atoms with Gasteiger partial charge in [0.1, 0.15) is 20.2 Å². The number of amides is 4. The smallest absolute Gasteiger partial charge is 0.266 e. The molecule has 2 aromatic heterocycles. The molecule has 0 atom stereocenters. The maximum absolute atomic E-state index is 12.5. The molecule has 4 rings (SSSR count). The Morgan fingerprint density at radius 3 is 1.58 bits per heavy atom. The van der Waals surface area contributed by atoms with Crippen LogP contribution in [0.3, 0.4) is 0 Å². The monoisotopic (exact) mass is 562 g/mol. The van der Waals surface area contributed by atoms with Crippen molar-refractivity contribution in [3.8, 4) is 0 Å². The summed E-state index contributed by atoms with van der Waals surface area (Å²) in [5, 5.41) is 0. The highest BCUT2D eigenvalue weighted by Gasteiger charge is 2.33. The third kappa shape index (κ3) is 6.32. The summed E-state index contributed by atoms with van der Waals surface area (Å²) in [5.41, 5.74) is 4.60. The summed E-state index contributed by atoms with van der Waals surface area (Å²) < 4.78 is 11.1. The summed E-state index contributed by atoms with van der Waals surface area (Å²) in [6.45, 7) is 0.112. The molecule has 186 valence electrons. The Labute approximate surface area is 224 Å². The van der Waals surface area contributed by atoms with Gasteiger partial charge < -0.3 is 8.83 Å². The first-order chi connectivity index (χ1) is 17.3. The van der Waals surface area contributed by atoms with Gasteiger partial charge in [0, 0.05) is 38.1 Å². The lowest BCUT2D eigenvalue weighted by molar-refractivity contribution is -0.130. The molecule has 0 aromatic carbocycles. The lowest BCUT2D eigenvalue weighted by Crippen LogP contribution is -2.44. The minimum Gasteiger partial charge on any atom is -0.465 e. The molecule has 0 spiro atoms. The Kier molecular flexibility index (Phi) is 8.40. The van der Waals surface area contributed by atoms with Gasteiger partial charge in [-0.25, -0.2) is 0 Å². The predicted molar refractivity (Wildman–Crippen MR) is 143 cm³/mol. The van der Waals surface area contributed by atoms with Gasteiger partial charge >= 0.3 is 0 Å². The standard InChI is InChI=1S/C22H18N4O6S4/c27-17(5-7-25-19(29)15(35-21(25)33)11-13-3-1-9-31-13)23-24-18(28)6-8-26-20(30)16(36-22(26)34)12-14-4-2-10-32-14/h1-4,9-12H,5-8H2,(H,23,27)(H,24,28)/b15-11+,16-12+. The molecule has 36 heavy (non-hydrogen) atoms. The van der Waals surface area contributed by atoms with E-state index in [-0.39, 0.29) is 37.7 Å². The molecular weight excluding hydrogens is 545 g/mol. The first-order valence-corrected chi connectivity index (χ1v) is 12.9. The van der Waals surface area contributed by atoms with E-state index in [9.17, 15) is 19.2 Å². The van der Waals surface area contributed by atoms with E-state index in [1.165, 1.54) is 22.3 Å². The predicted octanol–water partition coefficient (Wildman–Crippen LogP) is 2.90. The summed E-state index contributed by atoms with van der Waals surface area (Å²) in [5.74, 6) is -0.587. The number of carbonyl (C=O) groups is 4. The molecule has 14 heteroatoms. The zero-order valence-electron chi connectivity index (χ0n) is 18.4. The van der Waals surface area contributed by atoms with Crippen molar-refractivity contribution in [1.29, 1.82) is 0 Å². The highest BCUT2D eigenvalue weighted by Crippen LogP contribution is 2.33. The molecule has 2 N–H and O–H groups in total. The number of nitrogens with one attached hydrogen (secondary N) is 2. The van der Waals surface area contributed by atoms with Crippen LogP contribution in [-0.4, -0.2) is 55.2 Å². The highest BCUT2D eigenvalue weighted by atomic mass is 32.2. The molecule has 2 aliphatic rings. The van der Waals surface area contributed by atoms with Crippen LogP contribution in [-0.2, 0) is 19.2 Å². The van der Waals surface area contributed by atoms with Gasteiger partial charge in [0.2, 0.25) is 11.8 Å². The topological polar surface area (TPSA) is 125 Å². The summed E-state index contributed by atoms with van der Waals surface area (Å²) in [7, 11) is 0. The lowest BCUT2D eigenvalue weighted by atomic mass is 10.3. The number of furan rings is 2. The summed E-state index contributed by atoms with van der Waals surface area (Å²) in [4.78, 5) is 52.9. The SMILES string of the molecule is O=C(CCN1C(=O)/C(=C\c2ccco2)SC1=S)NNC(=O)CCN1C(=O)/C(=C\c2ccco2)SC1=S. The van der Waals surface area contributed by atoms with Crippen LogP contribution in [0.25, 0.3) is 12.2 Å². The van der Waals surface area contributed by atoms with Crippen molar-refractivity contribution in [3.05, 3.63) is 58.1 Å². The van der Waals surface area contributed by atoms with Crippen LogP contribution in [0, 0.1) is 0 Å². The van der Waals surface area contributed by atoms with Crippen LogP contribution in [0.2, 0.25) is 0 Å². The van der Waals surface area contributed by atoms with Crippen LogP contribution in [0.1, 0.15) is 24.4 Å². The Morgan fingerprint density at radius 2 is 1.22 bits per heavy atom. The van der Waals surface area contributed by atoms with Crippen molar-refractivity contribution in [2.75, 3.05) is 13.1 Å². The molecule has 0 bridgehead atoms. The normalized spacial score (nSPS) is 18.1. The van der Waals surface area contributed by atoms with Crippen molar-refractivity contribution in [1.82, 2.24) is 20.7 Å². The van der Waals surface area contributed by atoms with E-state index in [0.29, 0.717) is 30.0 Å². The van der Waals surface area contributed by atoms with Crippen molar-refractivity contribution in [2.24, 2.45) is 0 Å². The first-order valence-electron chi connectivity index (χ1n) is 10.5.